The number of rotatable bonds is 2. The van der Waals surface area contributed by atoms with E-state index >= 15 is 0 Å². The molecule has 1 N–H and O–H groups in total. The number of nitrogens with one attached hydrogen (secondary N) is 1. The molecule has 1 aromatic rings. The van der Waals surface area contributed by atoms with E-state index in [2.05, 4.69) is 16.5 Å². The van der Waals surface area contributed by atoms with Crippen LogP contribution in [0.2, 0.25) is 0 Å². The Hall–Kier alpha value is -1.50. The van der Waals surface area contributed by atoms with E-state index in [9.17, 15) is 0 Å². The number of anilines is 1. The average Bonchev–Trinajstić information content (AvgIpc) is 2.82. The van der Waals surface area contributed by atoms with Crippen LogP contribution in [0.5, 0.6) is 0 Å². The van der Waals surface area contributed by atoms with Crippen molar-refractivity contribution in [2.75, 3.05) is 5.32 Å². The second kappa shape index (κ2) is 2.77. The van der Waals surface area contributed by atoms with E-state index < -0.39 is 0 Å². The van der Waals surface area contributed by atoms with Crippen molar-refractivity contribution in [2.45, 2.75) is 25.8 Å². The van der Waals surface area contributed by atoms with Crippen LogP contribution >= 0.6 is 0 Å². The summed E-state index contributed by atoms with van der Waals surface area (Å²) in [5, 5.41) is 16.4. The fourth-order valence-corrected chi connectivity index (χ4v) is 1.38. The molecule has 0 aromatic carbocycles. The Kier molecular flexibility index (Phi) is 1.73. The van der Waals surface area contributed by atoms with Crippen LogP contribution in [0, 0.1) is 18.3 Å². The summed E-state index contributed by atoms with van der Waals surface area (Å²) < 4.78 is 1.74. The first kappa shape index (κ1) is 8.11. The van der Waals surface area contributed by atoms with Crippen molar-refractivity contribution in [3.05, 3.63) is 11.3 Å². The van der Waals surface area contributed by atoms with Gasteiger partial charge in [0, 0.05) is 13.1 Å². The molecule has 0 amide bonds. The van der Waals surface area contributed by atoms with E-state index in [1.165, 1.54) is 12.8 Å². The molecule has 1 saturated carbocycles. The van der Waals surface area contributed by atoms with Gasteiger partial charge in [0.2, 0.25) is 0 Å². The lowest BCUT2D eigenvalue weighted by Gasteiger charge is -2.03. The molecule has 4 nitrogen and oxygen atoms in total. The van der Waals surface area contributed by atoms with E-state index in [-0.39, 0.29) is 0 Å². The average molecular weight is 176 g/mol. The van der Waals surface area contributed by atoms with Gasteiger partial charge in [-0.25, -0.2) is 0 Å². The minimum Gasteiger partial charge on any atom is -0.366 e. The zero-order chi connectivity index (χ0) is 9.42. The SMILES string of the molecule is Cc1nn(C)c(NC2CC2)c1C#N. The van der Waals surface area contributed by atoms with Gasteiger partial charge >= 0.3 is 0 Å². The summed E-state index contributed by atoms with van der Waals surface area (Å²) in [5.41, 5.74) is 1.47. The third-order valence-electron chi connectivity index (χ3n) is 2.25. The highest BCUT2D eigenvalue weighted by Crippen LogP contribution is 2.27. The molecule has 68 valence electrons. The smallest absolute Gasteiger partial charge is 0.142 e. The third-order valence-corrected chi connectivity index (χ3v) is 2.25. The van der Waals surface area contributed by atoms with Crippen LogP contribution in [0.3, 0.4) is 0 Å². The summed E-state index contributed by atoms with van der Waals surface area (Å²) in [4.78, 5) is 0. The van der Waals surface area contributed by atoms with Crippen molar-refractivity contribution < 1.29 is 0 Å². The van der Waals surface area contributed by atoms with Gasteiger partial charge in [0.05, 0.1) is 5.69 Å². The fraction of sp³-hybridized carbons (Fsp3) is 0.556. The van der Waals surface area contributed by atoms with Crippen LogP contribution in [0.15, 0.2) is 0 Å². The predicted octanol–water partition coefficient (Wildman–Crippen LogP) is 1.17. The molecule has 1 aromatic heterocycles. The molecule has 4 heteroatoms. The number of aryl methyl sites for hydroxylation is 2. The molecule has 0 unspecified atom stereocenters. The van der Waals surface area contributed by atoms with E-state index in [1.54, 1.807) is 4.68 Å². The number of nitrogens with zero attached hydrogens (tertiary/aromatic N) is 3. The van der Waals surface area contributed by atoms with Gasteiger partial charge in [-0.2, -0.15) is 10.4 Å². The molecule has 1 aliphatic rings. The number of aromatic nitrogens is 2. The maximum Gasteiger partial charge on any atom is 0.142 e. The van der Waals surface area contributed by atoms with Crippen LogP contribution in [-0.4, -0.2) is 15.8 Å². The summed E-state index contributed by atoms with van der Waals surface area (Å²) in [6.45, 7) is 1.86. The van der Waals surface area contributed by atoms with Gasteiger partial charge in [-0.15, -0.1) is 0 Å². The van der Waals surface area contributed by atoms with Crippen molar-refractivity contribution in [1.82, 2.24) is 9.78 Å². The summed E-state index contributed by atoms with van der Waals surface area (Å²) in [5.74, 6) is 0.863. The highest BCUT2D eigenvalue weighted by molar-refractivity contribution is 5.55. The van der Waals surface area contributed by atoms with Crippen molar-refractivity contribution in [3.8, 4) is 6.07 Å². The summed E-state index contributed by atoms with van der Waals surface area (Å²) in [6.07, 6.45) is 2.41. The van der Waals surface area contributed by atoms with E-state index in [0.717, 1.165) is 11.5 Å². The van der Waals surface area contributed by atoms with E-state index in [4.69, 9.17) is 5.26 Å². The zero-order valence-corrected chi connectivity index (χ0v) is 7.83. The Morgan fingerprint density at radius 3 is 2.85 bits per heavy atom. The minimum atomic E-state index is 0.557. The van der Waals surface area contributed by atoms with Crippen molar-refractivity contribution in [1.29, 1.82) is 5.26 Å². The minimum absolute atomic E-state index is 0.557. The highest BCUT2D eigenvalue weighted by Gasteiger charge is 2.24. The molecule has 0 bridgehead atoms. The first-order chi connectivity index (χ1) is 6.22. The molecule has 0 spiro atoms. The molecule has 2 rings (SSSR count). The molecular weight excluding hydrogens is 164 g/mol. The lowest BCUT2D eigenvalue weighted by atomic mass is 10.2. The van der Waals surface area contributed by atoms with Gasteiger partial charge in [-0.05, 0) is 19.8 Å². The van der Waals surface area contributed by atoms with Crippen LogP contribution in [0.1, 0.15) is 24.1 Å². The maximum atomic E-state index is 8.90. The summed E-state index contributed by atoms with van der Waals surface area (Å²) in [6, 6.07) is 2.73. The molecule has 0 saturated heterocycles. The Morgan fingerprint density at radius 1 is 1.62 bits per heavy atom. The maximum absolute atomic E-state index is 8.90. The van der Waals surface area contributed by atoms with Gasteiger partial charge in [-0.3, -0.25) is 4.68 Å². The lowest BCUT2D eigenvalue weighted by molar-refractivity contribution is 0.757. The number of hydrogen-bond acceptors (Lipinski definition) is 3. The molecule has 0 aliphatic heterocycles. The first-order valence-corrected chi connectivity index (χ1v) is 4.42. The molecule has 1 aliphatic carbocycles. The monoisotopic (exact) mass is 176 g/mol. The van der Waals surface area contributed by atoms with Crippen LogP contribution < -0.4 is 5.32 Å². The number of hydrogen-bond donors (Lipinski definition) is 1. The number of nitriles is 1. The van der Waals surface area contributed by atoms with Crippen molar-refractivity contribution in [3.63, 3.8) is 0 Å². The lowest BCUT2D eigenvalue weighted by Crippen LogP contribution is -2.07. The Balaban J connectivity index is 2.35. The largest absolute Gasteiger partial charge is 0.366 e. The molecular formula is C9H12N4. The molecule has 0 atom stereocenters. The van der Waals surface area contributed by atoms with Crippen LogP contribution in [-0.2, 0) is 7.05 Å². The molecule has 1 fully saturated rings. The molecule has 0 radical (unpaired) electrons. The van der Waals surface area contributed by atoms with Gasteiger partial charge in [0.15, 0.2) is 0 Å². The molecule has 13 heavy (non-hydrogen) atoms. The quantitative estimate of drug-likeness (QED) is 0.736. The van der Waals surface area contributed by atoms with Gasteiger partial charge in [0.25, 0.3) is 0 Å². The molecule has 1 heterocycles. The van der Waals surface area contributed by atoms with E-state index in [0.29, 0.717) is 11.6 Å². The summed E-state index contributed by atoms with van der Waals surface area (Å²) in [7, 11) is 1.86. The van der Waals surface area contributed by atoms with Gasteiger partial charge < -0.3 is 5.32 Å². The second-order valence-corrected chi connectivity index (χ2v) is 3.46. The first-order valence-electron chi connectivity index (χ1n) is 4.42. The second-order valence-electron chi connectivity index (χ2n) is 3.46. The zero-order valence-electron chi connectivity index (χ0n) is 7.83. The highest BCUT2D eigenvalue weighted by atomic mass is 15.3. The topological polar surface area (TPSA) is 53.6 Å². The third kappa shape index (κ3) is 1.37. The Morgan fingerprint density at radius 2 is 2.31 bits per heavy atom. The van der Waals surface area contributed by atoms with E-state index in [1.807, 2.05) is 14.0 Å². The standard InChI is InChI=1S/C9H12N4/c1-6-8(5-10)9(13(2)12-6)11-7-3-4-7/h7,11H,3-4H2,1-2H3. The normalized spacial score (nSPS) is 15.5. The van der Waals surface area contributed by atoms with Crippen molar-refractivity contribution in [2.24, 2.45) is 7.05 Å². The predicted molar refractivity (Wildman–Crippen MR) is 49.3 cm³/mol. The Labute approximate surface area is 77.2 Å². The fourth-order valence-electron chi connectivity index (χ4n) is 1.38. The van der Waals surface area contributed by atoms with Crippen LogP contribution in [0.25, 0.3) is 0 Å². The summed E-state index contributed by atoms with van der Waals surface area (Å²) >= 11 is 0. The Bertz CT molecular complexity index is 368. The van der Waals surface area contributed by atoms with Gasteiger partial charge in [-0.1, -0.05) is 0 Å². The van der Waals surface area contributed by atoms with Crippen molar-refractivity contribution >= 4 is 5.82 Å². The van der Waals surface area contributed by atoms with Gasteiger partial charge in [0.1, 0.15) is 17.5 Å². The van der Waals surface area contributed by atoms with Crippen LogP contribution in [0.4, 0.5) is 5.82 Å².